The monoisotopic (exact) mass is 977 g/mol. The second-order valence-electron chi connectivity index (χ2n) is 17.4. The third kappa shape index (κ3) is 9.71. The van der Waals surface area contributed by atoms with Crippen LogP contribution in [0.1, 0.15) is 63.9 Å². The van der Waals surface area contributed by atoms with Gasteiger partial charge in [0.2, 0.25) is 11.9 Å². The van der Waals surface area contributed by atoms with Crippen LogP contribution in [0.5, 0.6) is 0 Å². The zero-order chi connectivity index (χ0) is 45.9. The summed E-state index contributed by atoms with van der Waals surface area (Å²) in [7, 11) is -2.69. The molecule has 21 nitrogen and oxygen atoms in total. The number of nitrogens with one attached hydrogen (secondary N) is 3. The Hall–Kier alpha value is -3.74. The number of amides is 2. The topological polar surface area (TPSA) is 254 Å². The molecule has 8 rings (SSSR count). The third-order valence-corrected chi connectivity index (χ3v) is 19.2. The predicted molar refractivity (Wildman–Crippen MR) is 243 cm³/mol. The minimum atomic E-state index is -4.30. The van der Waals surface area contributed by atoms with Gasteiger partial charge >= 0.3 is 13.5 Å². The Balaban J connectivity index is 1.12. The predicted octanol–water partition coefficient (Wildman–Crippen LogP) is 6.06. The molecule has 0 aliphatic carbocycles. The van der Waals surface area contributed by atoms with Gasteiger partial charge in [-0.1, -0.05) is 65.1 Å². The molecule has 2 amide bonds. The lowest BCUT2D eigenvalue weighted by molar-refractivity contribution is -0.118. The largest absolute Gasteiger partial charge is 0.407 e. The molecule has 64 heavy (non-hydrogen) atoms. The summed E-state index contributed by atoms with van der Waals surface area (Å²) in [6, 6.07) is 10.4. The van der Waals surface area contributed by atoms with Crippen LogP contribution in [0.4, 0.5) is 11.8 Å². The highest BCUT2D eigenvalue weighted by molar-refractivity contribution is 8.44. The summed E-state index contributed by atoms with van der Waals surface area (Å²) < 4.78 is 61.8. The van der Waals surface area contributed by atoms with Crippen LogP contribution in [0.15, 0.2) is 60.0 Å². The molecule has 344 valence electrons. The molecule has 7 heterocycles. The van der Waals surface area contributed by atoms with Crippen LogP contribution in [0.3, 0.4) is 0 Å². The molecule has 26 heteroatoms. The van der Waals surface area contributed by atoms with Crippen molar-refractivity contribution in [2.45, 2.75) is 102 Å². The number of rotatable bonds is 8. The number of H-pyrrole nitrogens is 1. The summed E-state index contributed by atoms with van der Waals surface area (Å²) in [6.45, 7) is 4.44. The highest BCUT2D eigenvalue weighted by atomic mass is 32.7. The number of hydrogen-bond donors (Lipinski definition) is 5. The molecule has 2 unspecified atom stereocenters. The highest BCUT2D eigenvalue weighted by Crippen LogP contribution is 2.59. The molecule has 0 spiro atoms. The van der Waals surface area contributed by atoms with E-state index in [0.29, 0.717) is 16.6 Å². The van der Waals surface area contributed by atoms with Crippen molar-refractivity contribution in [1.82, 2.24) is 34.1 Å². The lowest BCUT2D eigenvalue weighted by atomic mass is 10.1. The van der Waals surface area contributed by atoms with Gasteiger partial charge in [0.15, 0.2) is 31.9 Å². The van der Waals surface area contributed by atoms with Crippen LogP contribution in [-0.2, 0) is 53.2 Å². The van der Waals surface area contributed by atoms with Gasteiger partial charge in [-0.05, 0) is 48.1 Å². The highest BCUT2D eigenvalue weighted by Gasteiger charge is 2.54. The number of fused-ring (bicyclic) bond motifs is 5. The normalized spacial score (nSPS) is 29.2. The summed E-state index contributed by atoms with van der Waals surface area (Å²) in [4.78, 5) is 70.5. The zero-order valence-corrected chi connectivity index (χ0v) is 40.3. The first kappa shape index (κ1) is 46.8. The van der Waals surface area contributed by atoms with E-state index in [1.54, 1.807) is 54.9 Å². The van der Waals surface area contributed by atoms with E-state index in [2.05, 4.69) is 68.6 Å². The van der Waals surface area contributed by atoms with Crippen molar-refractivity contribution in [2.75, 3.05) is 23.8 Å². The summed E-state index contributed by atoms with van der Waals surface area (Å²) in [5.41, 5.74) is 0.156. The zero-order valence-electron chi connectivity index (χ0n) is 35.8. The van der Waals surface area contributed by atoms with Crippen molar-refractivity contribution in [1.29, 1.82) is 0 Å². The maximum Gasteiger partial charge on any atom is 0.386 e. The van der Waals surface area contributed by atoms with E-state index in [-0.39, 0.29) is 52.8 Å². The van der Waals surface area contributed by atoms with E-state index in [0.717, 1.165) is 0 Å². The molecule has 3 aliphatic rings. The van der Waals surface area contributed by atoms with Gasteiger partial charge in [-0.25, -0.2) is 19.5 Å². The Labute approximate surface area is 378 Å². The van der Waals surface area contributed by atoms with Gasteiger partial charge in [0.1, 0.15) is 42.2 Å². The summed E-state index contributed by atoms with van der Waals surface area (Å²) in [6.07, 6.45) is -2.95. The number of nitrogens with zero attached hydrogens (tertiary/aromatic N) is 6. The maximum atomic E-state index is 14.2. The second-order valence-corrected chi connectivity index (χ2v) is 27.8. The van der Waals surface area contributed by atoms with Gasteiger partial charge in [-0.15, -0.1) is 0 Å². The van der Waals surface area contributed by atoms with Gasteiger partial charge in [0.25, 0.3) is 11.5 Å². The summed E-state index contributed by atoms with van der Waals surface area (Å²) in [5.74, 6) is -1.02. The molecule has 2 bridgehead atoms. The molecule has 4 N–H and O–H groups in total. The maximum absolute atomic E-state index is 14.2. The van der Waals surface area contributed by atoms with E-state index < -0.39 is 82.9 Å². The van der Waals surface area contributed by atoms with Crippen LogP contribution >= 0.6 is 25.8 Å². The number of ether oxygens (including phenoxy) is 2. The number of carbonyl (C=O) groups is 2. The Bertz CT molecular complexity index is 2730. The van der Waals surface area contributed by atoms with Gasteiger partial charge in [-0.2, -0.15) is 4.98 Å². The molecule has 4 aromatic heterocycles. The third-order valence-electron chi connectivity index (χ3n) is 11.5. The fourth-order valence-electron chi connectivity index (χ4n) is 7.21. The molecular weight excluding hydrogens is 929 g/mol. The summed E-state index contributed by atoms with van der Waals surface area (Å²) >= 11 is 10.0. The number of aromatic amines is 1. The van der Waals surface area contributed by atoms with Gasteiger partial charge in [0.05, 0.1) is 31.0 Å². The Kier molecular flexibility index (Phi) is 13.0. The number of benzene rings is 1. The van der Waals surface area contributed by atoms with Crippen molar-refractivity contribution < 1.29 is 51.0 Å². The van der Waals surface area contributed by atoms with Crippen LogP contribution in [0.25, 0.3) is 22.2 Å². The van der Waals surface area contributed by atoms with E-state index in [9.17, 15) is 23.8 Å². The Morgan fingerprint density at radius 3 is 2.47 bits per heavy atom. The molecular formula is C38H49N9O12P2S2Si. The lowest BCUT2D eigenvalue weighted by Gasteiger charge is -2.41. The minimum Gasteiger partial charge on any atom is -0.407 e. The van der Waals surface area contributed by atoms with Crippen LogP contribution in [0, 0.1) is 5.92 Å². The quantitative estimate of drug-likeness (QED) is 0.0673. The molecule has 0 radical (unpaired) electrons. The number of hydrogen-bond acceptors (Lipinski definition) is 16. The van der Waals surface area contributed by atoms with E-state index in [1.807, 2.05) is 19.2 Å². The fourth-order valence-corrected chi connectivity index (χ4v) is 11.4. The molecule has 1 aromatic carbocycles. The lowest BCUT2D eigenvalue weighted by Crippen LogP contribution is -2.49. The number of aromatic nitrogens is 7. The minimum absolute atomic E-state index is 0.0316. The second kappa shape index (κ2) is 17.8. The van der Waals surface area contributed by atoms with Gasteiger partial charge in [-0.3, -0.25) is 42.8 Å². The SMILES string of the molecule is CC(C)C(=O)Nc1nc2c(ncn2[C@@H]2O[C@@H]3COP(O)(=S)O[C@H]4[C@@H](O[Si](C)(C)C(C)(C)C)[C@H](n5ccc6c(NC(=O)c7ccccc7)ncnc65)O[C@@H]4COP(=O)(S)O[C@@H]2C3)c(=O)[nH]1. The van der Waals surface area contributed by atoms with Crippen molar-refractivity contribution in [3.05, 3.63) is 71.2 Å². The number of imidazole rings is 1. The standard InChI is InChI=1S/C38H49N9O12P2S2Si/c1-20(2)32(48)44-37-43-31-26(34(50)45-37)41-19-47(31)35-24-15-22(55-35)16-53-61(52,63)58-27-25(17-54-60(51,62)57-24)56-36(28(27)59-64(6,7)38(3,4)5)46-14-13-23-29(39-18-40-30(23)46)42-33(49)21-11-9-8-10-12-21/h8-14,18-20,22,24-25,27-28,35-36H,15-17H2,1-7H3,(H,51,62)(H,52,63)(H,39,40,42,49)(H2,43,44,45,48,50)/t22-,24+,25+,27+,28+,35+,36+,60?,61?/m0/s1. The number of anilines is 2. The van der Waals surface area contributed by atoms with Gasteiger partial charge < -0.3 is 33.2 Å². The Morgan fingerprint density at radius 1 is 1.00 bits per heavy atom. The summed E-state index contributed by atoms with van der Waals surface area (Å²) in [5, 5.41) is 5.63. The van der Waals surface area contributed by atoms with E-state index >= 15 is 0 Å². The van der Waals surface area contributed by atoms with E-state index in [1.165, 1.54) is 17.2 Å². The molecule has 5 aromatic rings. The fraction of sp³-hybridized carbons (Fsp3) is 0.500. The number of thiol groups is 1. The van der Waals surface area contributed by atoms with E-state index in [4.69, 9.17) is 43.8 Å². The molecule has 0 saturated carbocycles. The first-order valence-electron chi connectivity index (χ1n) is 20.4. The van der Waals surface area contributed by atoms with Crippen molar-refractivity contribution in [3.63, 3.8) is 0 Å². The molecule has 3 fully saturated rings. The van der Waals surface area contributed by atoms with Crippen LogP contribution in [-0.4, -0.2) is 103 Å². The first-order chi connectivity index (χ1) is 30.1. The Morgan fingerprint density at radius 2 is 1.75 bits per heavy atom. The first-order valence-corrected chi connectivity index (χ1v) is 28.5. The van der Waals surface area contributed by atoms with Crippen LogP contribution in [0.2, 0.25) is 18.1 Å². The average molecular weight is 978 g/mol. The molecule has 3 aliphatic heterocycles. The van der Waals surface area contributed by atoms with Gasteiger partial charge in [0, 0.05) is 24.1 Å². The molecule has 9 atom stereocenters. The van der Waals surface area contributed by atoms with Crippen molar-refractivity contribution >= 4 is 91.7 Å². The average Bonchev–Trinajstić information content (AvgIpc) is 4.01. The van der Waals surface area contributed by atoms with Crippen molar-refractivity contribution in [2.24, 2.45) is 5.92 Å². The molecule has 3 saturated heterocycles. The van der Waals surface area contributed by atoms with Crippen LogP contribution < -0.4 is 16.2 Å². The number of carbonyl (C=O) groups excluding carboxylic acids is 2. The van der Waals surface area contributed by atoms with Crippen molar-refractivity contribution in [3.8, 4) is 0 Å². The smallest absolute Gasteiger partial charge is 0.386 e.